The van der Waals surface area contributed by atoms with Crippen molar-refractivity contribution >= 4 is 11.0 Å². The van der Waals surface area contributed by atoms with Gasteiger partial charge >= 0.3 is 0 Å². The van der Waals surface area contributed by atoms with Gasteiger partial charge in [0.1, 0.15) is 5.82 Å². The van der Waals surface area contributed by atoms with Crippen LogP contribution in [0.25, 0.3) is 11.0 Å². The number of rotatable bonds is 5. The molecule has 19 heavy (non-hydrogen) atoms. The summed E-state index contributed by atoms with van der Waals surface area (Å²) in [4.78, 5) is 4.73. The van der Waals surface area contributed by atoms with Crippen LogP contribution < -0.4 is 0 Å². The second kappa shape index (κ2) is 4.64. The second-order valence-corrected chi connectivity index (χ2v) is 5.67. The fraction of sp³-hybridized carbons (Fsp3) is 0.562. The van der Waals surface area contributed by atoms with Crippen LogP contribution in [0.5, 0.6) is 0 Å². The minimum absolute atomic E-state index is 0.475. The molecule has 2 aromatic rings. The molecular formula is C16H22N2O. The molecule has 1 unspecified atom stereocenters. The summed E-state index contributed by atoms with van der Waals surface area (Å²) >= 11 is 0. The van der Waals surface area contributed by atoms with Crippen LogP contribution in [0.3, 0.4) is 0 Å². The van der Waals surface area contributed by atoms with Crippen molar-refractivity contribution in [3.8, 4) is 0 Å². The molecule has 3 heteroatoms. The fourth-order valence-electron chi connectivity index (χ4n) is 3.07. The van der Waals surface area contributed by atoms with E-state index in [2.05, 4.69) is 24.5 Å². The highest BCUT2D eigenvalue weighted by Crippen LogP contribution is 2.43. The number of benzene rings is 1. The zero-order valence-corrected chi connectivity index (χ0v) is 11.8. The first-order valence-corrected chi connectivity index (χ1v) is 7.34. The number of aromatic nitrogens is 2. The maximum absolute atomic E-state index is 10.8. The van der Waals surface area contributed by atoms with Crippen LogP contribution in [0.1, 0.15) is 38.9 Å². The Morgan fingerprint density at radius 1 is 1.32 bits per heavy atom. The van der Waals surface area contributed by atoms with E-state index >= 15 is 0 Å². The van der Waals surface area contributed by atoms with Crippen LogP contribution in [0.4, 0.5) is 0 Å². The maximum atomic E-state index is 10.8. The summed E-state index contributed by atoms with van der Waals surface area (Å²) in [5, 5.41) is 10.8. The minimum Gasteiger partial charge on any atom is -0.389 e. The Morgan fingerprint density at radius 2 is 2.05 bits per heavy atom. The van der Waals surface area contributed by atoms with Gasteiger partial charge in [-0.25, -0.2) is 4.98 Å². The number of hydrogen-bond donors (Lipinski definition) is 1. The van der Waals surface area contributed by atoms with Crippen molar-refractivity contribution in [2.75, 3.05) is 0 Å². The molecule has 1 N–H and O–H groups in total. The van der Waals surface area contributed by atoms with E-state index in [0.717, 1.165) is 37.1 Å². The van der Waals surface area contributed by atoms with Gasteiger partial charge in [0.05, 0.1) is 16.6 Å². The molecule has 0 radical (unpaired) electrons. The maximum Gasteiger partial charge on any atom is 0.112 e. The van der Waals surface area contributed by atoms with Crippen molar-refractivity contribution in [1.82, 2.24) is 9.55 Å². The second-order valence-electron chi connectivity index (χ2n) is 5.67. The van der Waals surface area contributed by atoms with Gasteiger partial charge in [-0.3, -0.25) is 0 Å². The normalized spacial score (nSPS) is 18.7. The van der Waals surface area contributed by atoms with Crippen molar-refractivity contribution in [3.05, 3.63) is 30.1 Å². The predicted octanol–water partition coefficient (Wildman–Crippen LogP) is 3.15. The number of hydrogen-bond acceptors (Lipinski definition) is 2. The highest BCUT2D eigenvalue weighted by molar-refractivity contribution is 5.75. The molecule has 3 nitrogen and oxygen atoms in total. The average Bonchev–Trinajstić information content (AvgIpc) is 3.21. The quantitative estimate of drug-likeness (QED) is 0.894. The van der Waals surface area contributed by atoms with Gasteiger partial charge in [0.2, 0.25) is 0 Å². The molecule has 0 amide bonds. The van der Waals surface area contributed by atoms with Crippen LogP contribution in [0.2, 0.25) is 0 Å². The van der Waals surface area contributed by atoms with Crippen molar-refractivity contribution in [2.24, 2.45) is 5.92 Å². The first-order chi connectivity index (χ1) is 9.18. The van der Waals surface area contributed by atoms with Crippen molar-refractivity contribution in [3.63, 3.8) is 0 Å². The Kier molecular flexibility index (Phi) is 3.09. The largest absolute Gasteiger partial charge is 0.389 e. The lowest BCUT2D eigenvalue weighted by Gasteiger charge is -2.26. The fourth-order valence-corrected chi connectivity index (χ4v) is 3.07. The Morgan fingerprint density at radius 3 is 2.68 bits per heavy atom. The standard InChI is InChI=1S/C16H22N2O/c1-3-16(19,12-9-10-12)11-15-17-13-7-5-6-8-14(13)18(15)4-2/h5-8,12,19H,3-4,9-11H2,1-2H3. The highest BCUT2D eigenvalue weighted by atomic mass is 16.3. The highest BCUT2D eigenvalue weighted by Gasteiger charge is 2.43. The van der Waals surface area contributed by atoms with E-state index in [9.17, 15) is 5.11 Å². The van der Waals surface area contributed by atoms with Gasteiger partial charge in [-0.2, -0.15) is 0 Å². The third kappa shape index (κ3) is 2.16. The Bertz CT molecular complexity index is 585. The molecule has 1 atom stereocenters. The summed E-state index contributed by atoms with van der Waals surface area (Å²) in [6.07, 6.45) is 3.81. The lowest BCUT2D eigenvalue weighted by Crippen LogP contribution is -2.34. The summed E-state index contributed by atoms with van der Waals surface area (Å²) in [5.74, 6) is 1.50. The number of aryl methyl sites for hydroxylation is 1. The molecule has 1 aromatic heterocycles. The summed E-state index contributed by atoms with van der Waals surface area (Å²) < 4.78 is 2.23. The third-order valence-corrected chi connectivity index (χ3v) is 4.46. The first kappa shape index (κ1) is 12.7. The van der Waals surface area contributed by atoms with E-state index in [-0.39, 0.29) is 0 Å². The molecule has 1 heterocycles. The number of nitrogens with zero attached hydrogens (tertiary/aromatic N) is 2. The van der Waals surface area contributed by atoms with E-state index in [1.165, 1.54) is 5.52 Å². The molecule has 1 aliphatic carbocycles. The third-order valence-electron chi connectivity index (χ3n) is 4.46. The number of imidazole rings is 1. The number of fused-ring (bicyclic) bond motifs is 1. The molecule has 1 saturated carbocycles. The van der Waals surface area contributed by atoms with Crippen LogP contribution in [-0.2, 0) is 13.0 Å². The van der Waals surface area contributed by atoms with Gasteiger partial charge in [-0.05, 0) is 44.2 Å². The Hall–Kier alpha value is -1.35. The molecule has 1 fully saturated rings. The molecular weight excluding hydrogens is 236 g/mol. The first-order valence-electron chi connectivity index (χ1n) is 7.34. The molecule has 3 rings (SSSR count). The minimum atomic E-state index is -0.561. The van der Waals surface area contributed by atoms with E-state index in [4.69, 9.17) is 4.98 Å². The summed E-state index contributed by atoms with van der Waals surface area (Å²) in [7, 11) is 0. The van der Waals surface area contributed by atoms with E-state index in [1.807, 2.05) is 18.2 Å². The van der Waals surface area contributed by atoms with Gasteiger partial charge in [0.25, 0.3) is 0 Å². The van der Waals surface area contributed by atoms with Crippen molar-refractivity contribution in [2.45, 2.75) is 51.7 Å². The van der Waals surface area contributed by atoms with Gasteiger partial charge in [0, 0.05) is 13.0 Å². The van der Waals surface area contributed by atoms with Crippen LogP contribution in [0.15, 0.2) is 24.3 Å². The van der Waals surface area contributed by atoms with Gasteiger partial charge < -0.3 is 9.67 Å². The summed E-state index contributed by atoms with van der Waals surface area (Å²) in [5.41, 5.74) is 1.65. The van der Waals surface area contributed by atoms with Crippen LogP contribution in [0, 0.1) is 5.92 Å². The number of aliphatic hydroxyl groups is 1. The Labute approximate surface area is 114 Å². The van der Waals surface area contributed by atoms with E-state index in [0.29, 0.717) is 12.3 Å². The van der Waals surface area contributed by atoms with E-state index in [1.54, 1.807) is 0 Å². The van der Waals surface area contributed by atoms with Crippen LogP contribution in [-0.4, -0.2) is 20.3 Å². The zero-order valence-electron chi connectivity index (χ0n) is 11.8. The van der Waals surface area contributed by atoms with Crippen LogP contribution >= 0.6 is 0 Å². The van der Waals surface area contributed by atoms with Crippen molar-refractivity contribution < 1.29 is 5.11 Å². The SMILES string of the molecule is CCn1c(CC(O)(CC)C2CC2)nc2ccccc21. The molecule has 1 aliphatic rings. The average molecular weight is 258 g/mol. The summed E-state index contributed by atoms with van der Waals surface area (Å²) in [6.45, 7) is 5.12. The molecule has 0 saturated heterocycles. The van der Waals surface area contributed by atoms with E-state index < -0.39 is 5.60 Å². The summed E-state index contributed by atoms with van der Waals surface area (Å²) in [6, 6.07) is 8.23. The molecule has 0 spiro atoms. The lowest BCUT2D eigenvalue weighted by atomic mass is 9.90. The lowest BCUT2D eigenvalue weighted by molar-refractivity contribution is 0.0115. The number of para-hydroxylation sites is 2. The van der Waals surface area contributed by atoms with Gasteiger partial charge in [-0.15, -0.1) is 0 Å². The monoisotopic (exact) mass is 258 g/mol. The zero-order chi connectivity index (χ0) is 13.5. The smallest absolute Gasteiger partial charge is 0.112 e. The topological polar surface area (TPSA) is 38.0 Å². The molecule has 0 bridgehead atoms. The predicted molar refractivity (Wildman–Crippen MR) is 77.1 cm³/mol. The Balaban J connectivity index is 2.00. The van der Waals surface area contributed by atoms with Crippen molar-refractivity contribution in [1.29, 1.82) is 0 Å². The van der Waals surface area contributed by atoms with Gasteiger partial charge in [-0.1, -0.05) is 19.1 Å². The molecule has 1 aromatic carbocycles. The van der Waals surface area contributed by atoms with Gasteiger partial charge in [0.15, 0.2) is 0 Å². The molecule has 102 valence electrons. The molecule has 0 aliphatic heterocycles.